The Labute approximate surface area is 257 Å². The Balaban J connectivity index is 1.88. The Bertz CT molecular complexity index is 1770. The summed E-state index contributed by atoms with van der Waals surface area (Å²) in [4.78, 5) is 51.4. The molecular formula is C30H30F2N4O8S. The minimum Gasteiger partial charge on any atom is -0.505 e. The van der Waals surface area contributed by atoms with Crippen molar-refractivity contribution in [2.75, 3.05) is 30.0 Å². The van der Waals surface area contributed by atoms with Crippen LogP contribution in [0.2, 0.25) is 0 Å². The number of primary amides is 1. The van der Waals surface area contributed by atoms with Crippen molar-refractivity contribution in [1.29, 1.82) is 0 Å². The fraction of sp³-hybridized carbons (Fsp3) is 0.267. The number of carbonyl (C=O) groups is 4. The Morgan fingerprint density at radius 3 is 2.44 bits per heavy atom. The van der Waals surface area contributed by atoms with Crippen LogP contribution < -0.4 is 16.4 Å². The third-order valence-corrected chi connectivity index (χ3v) is 9.28. The molecule has 1 aliphatic heterocycles. The number of nitrogens with zero attached hydrogens (tertiary/aromatic N) is 1. The van der Waals surface area contributed by atoms with Crippen molar-refractivity contribution in [2.24, 2.45) is 11.7 Å². The van der Waals surface area contributed by atoms with E-state index in [1.165, 1.54) is 36.1 Å². The fourth-order valence-electron chi connectivity index (χ4n) is 5.18. The number of aldehydes is 1. The fourth-order valence-corrected chi connectivity index (χ4v) is 6.30. The molecule has 5 N–H and O–H groups in total. The van der Waals surface area contributed by atoms with Crippen LogP contribution in [0.15, 0.2) is 59.5 Å². The van der Waals surface area contributed by atoms with Crippen LogP contribution in [0.25, 0.3) is 0 Å². The van der Waals surface area contributed by atoms with Crippen molar-refractivity contribution < 1.29 is 46.2 Å². The predicted octanol–water partition coefficient (Wildman–Crippen LogP) is 3.68. The van der Waals surface area contributed by atoms with E-state index in [4.69, 9.17) is 5.73 Å². The summed E-state index contributed by atoms with van der Waals surface area (Å²) in [6.45, 7) is 1.37. The van der Waals surface area contributed by atoms with Crippen molar-refractivity contribution in [3.8, 4) is 5.75 Å². The highest BCUT2D eigenvalue weighted by Gasteiger charge is 2.43. The molecule has 3 amide bonds. The number of rotatable bonds is 10. The lowest BCUT2D eigenvalue weighted by Crippen LogP contribution is -2.39. The number of anilines is 2. The Hall–Kier alpha value is -5.05. The third kappa shape index (κ3) is 6.87. The van der Waals surface area contributed by atoms with Crippen LogP contribution in [0.5, 0.6) is 5.75 Å². The Morgan fingerprint density at radius 2 is 1.82 bits per heavy atom. The largest absolute Gasteiger partial charge is 0.505 e. The number of phenolic OH excluding ortho intramolecular Hbond substituents is 1. The van der Waals surface area contributed by atoms with Crippen molar-refractivity contribution in [2.45, 2.75) is 30.3 Å². The number of sulfone groups is 1. The number of hydrogen-bond donors (Lipinski definition) is 4. The number of amides is 3. The van der Waals surface area contributed by atoms with Gasteiger partial charge in [0.25, 0.3) is 0 Å². The summed E-state index contributed by atoms with van der Waals surface area (Å²) in [5, 5.41) is 15.2. The third-order valence-electron chi connectivity index (χ3n) is 7.48. The molecule has 0 aliphatic carbocycles. The number of benzene rings is 3. The highest BCUT2D eigenvalue weighted by Crippen LogP contribution is 2.42. The normalized spacial score (nSPS) is 16.9. The molecule has 1 heterocycles. The number of hydrogen-bond acceptors (Lipinski definition) is 9. The zero-order valence-corrected chi connectivity index (χ0v) is 24.9. The zero-order valence-electron chi connectivity index (χ0n) is 24.1. The van der Waals surface area contributed by atoms with E-state index < -0.39 is 63.1 Å². The lowest BCUT2D eigenvalue weighted by molar-refractivity contribution is -0.133. The number of ether oxygens (including phenoxy) is 1. The quantitative estimate of drug-likeness (QED) is 0.239. The summed E-state index contributed by atoms with van der Waals surface area (Å²) in [6, 6.07) is 7.39. The lowest BCUT2D eigenvalue weighted by atomic mass is 9.93. The van der Waals surface area contributed by atoms with E-state index in [2.05, 4.69) is 15.4 Å². The van der Waals surface area contributed by atoms with E-state index in [1.807, 2.05) is 0 Å². The second kappa shape index (κ2) is 13.3. The van der Waals surface area contributed by atoms with E-state index in [0.717, 1.165) is 37.4 Å². The van der Waals surface area contributed by atoms with Gasteiger partial charge in [-0.05, 0) is 66.1 Å². The van der Waals surface area contributed by atoms with E-state index in [-0.39, 0.29) is 51.7 Å². The van der Waals surface area contributed by atoms with Crippen molar-refractivity contribution in [3.63, 3.8) is 0 Å². The number of nitrogens with two attached hydrogens (primary N) is 1. The van der Waals surface area contributed by atoms with Gasteiger partial charge in [0.05, 0.1) is 29.5 Å². The molecule has 1 aliphatic rings. The topological polar surface area (TPSA) is 185 Å². The van der Waals surface area contributed by atoms with Crippen molar-refractivity contribution >= 4 is 45.4 Å². The molecule has 15 heteroatoms. The highest BCUT2D eigenvalue weighted by molar-refractivity contribution is 7.91. The summed E-state index contributed by atoms with van der Waals surface area (Å²) in [6.07, 6.45) is -0.144. The van der Waals surface area contributed by atoms with Gasteiger partial charge in [-0.15, -0.1) is 0 Å². The maximum Gasteiger partial charge on any atom is 0.411 e. The van der Waals surface area contributed by atoms with Crippen LogP contribution in [0.3, 0.4) is 0 Å². The van der Waals surface area contributed by atoms with Crippen LogP contribution in [-0.2, 0) is 24.2 Å². The van der Waals surface area contributed by atoms with Gasteiger partial charge >= 0.3 is 6.09 Å². The van der Waals surface area contributed by atoms with Crippen LogP contribution >= 0.6 is 0 Å². The molecular weight excluding hydrogens is 614 g/mol. The molecule has 0 radical (unpaired) electrons. The number of nitrogens with one attached hydrogen (secondary N) is 2. The molecule has 1 saturated heterocycles. The van der Waals surface area contributed by atoms with Crippen molar-refractivity contribution in [1.82, 2.24) is 4.90 Å². The van der Waals surface area contributed by atoms with Crippen LogP contribution in [0.1, 0.15) is 46.9 Å². The molecule has 0 saturated carbocycles. The molecule has 0 unspecified atom stereocenters. The van der Waals surface area contributed by atoms with Gasteiger partial charge in [0, 0.05) is 23.7 Å². The van der Waals surface area contributed by atoms with Gasteiger partial charge in [0.2, 0.25) is 11.8 Å². The number of methoxy groups -OCH3 is 1. The molecule has 1 fully saturated rings. The van der Waals surface area contributed by atoms with Gasteiger partial charge in [-0.1, -0.05) is 13.0 Å². The average molecular weight is 645 g/mol. The Kier molecular flexibility index (Phi) is 9.71. The van der Waals surface area contributed by atoms with E-state index in [9.17, 15) is 41.5 Å². The van der Waals surface area contributed by atoms with Gasteiger partial charge in [-0.2, -0.15) is 0 Å². The standard InChI is InChI=1S/C30H30F2N4O8S/c1-3-45(42,43)25-9-6-19(34-30(41)44-2)14-20(25)27-18(15-37)10-11-36(27)29(40)26(16-4-8-22(32)24(38)13-16)35-23-12-17(28(33)39)5-7-21(23)31/h4-9,12-15,18,26-27,35,38H,3,10-11H2,1-2H3,(H2,33,39)(H,34,41)/t18-,26+,27+/m0/s1. The second-order valence-electron chi connectivity index (χ2n) is 10.2. The highest BCUT2D eigenvalue weighted by atomic mass is 32.2. The zero-order chi connectivity index (χ0) is 33.1. The maximum absolute atomic E-state index is 14.9. The van der Waals surface area contributed by atoms with E-state index in [1.54, 1.807) is 0 Å². The van der Waals surface area contributed by atoms with Crippen LogP contribution in [0.4, 0.5) is 25.0 Å². The van der Waals surface area contributed by atoms with Crippen molar-refractivity contribution in [3.05, 3.63) is 82.9 Å². The SMILES string of the molecule is CCS(=O)(=O)c1ccc(NC(=O)OC)cc1[C@H]1[C@H](C=O)CCN1C(=O)[C@H](Nc1cc(C(N)=O)ccc1F)c1ccc(F)c(O)c1. The molecule has 0 bridgehead atoms. The first-order valence-electron chi connectivity index (χ1n) is 13.6. The van der Waals surface area contributed by atoms with Gasteiger partial charge in [-0.3, -0.25) is 14.9 Å². The minimum atomic E-state index is -3.93. The number of halogens is 2. The van der Waals surface area contributed by atoms with Gasteiger partial charge < -0.3 is 30.6 Å². The number of phenols is 1. The van der Waals surface area contributed by atoms with Gasteiger partial charge in [-0.25, -0.2) is 22.0 Å². The molecule has 3 atom stereocenters. The summed E-state index contributed by atoms with van der Waals surface area (Å²) < 4.78 is 59.9. The first-order valence-corrected chi connectivity index (χ1v) is 15.3. The molecule has 238 valence electrons. The minimum absolute atomic E-state index is 0.0152. The molecule has 3 aromatic rings. The first kappa shape index (κ1) is 32.9. The molecule has 3 aromatic carbocycles. The smallest absolute Gasteiger partial charge is 0.411 e. The number of aromatic hydroxyl groups is 1. The van der Waals surface area contributed by atoms with E-state index >= 15 is 0 Å². The molecule has 45 heavy (non-hydrogen) atoms. The lowest BCUT2D eigenvalue weighted by Gasteiger charge is -2.32. The van der Waals surface area contributed by atoms with Gasteiger partial charge in [0.15, 0.2) is 21.4 Å². The number of likely N-dealkylation sites (tertiary alicyclic amines) is 1. The molecule has 0 spiro atoms. The predicted molar refractivity (Wildman–Crippen MR) is 158 cm³/mol. The molecule has 0 aromatic heterocycles. The second-order valence-corrected chi connectivity index (χ2v) is 12.4. The monoisotopic (exact) mass is 644 g/mol. The first-order chi connectivity index (χ1) is 21.3. The summed E-state index contributed by atoms with van der Waals surface area (Å²) in [7, 11) is -2.80. The summed E-state index contributed by atoms with van der Waals surface area (Å²) in [5.74, 6) is -5.55. The average Bonchev–Trinajstić information content (AvgIpc) is 3.45. The van der Waals surface area contributed by atoms with E-state index in [0.29, 0.717) is 6.29 Å². The van der Waals surface area contributed by atoms with Crippen LogP contribution in [0, 0.1) is 17.6 Å². The number of carbonyl (C=O) groups excluding carboxylic acids is 4. The van der Waals surface area contributed by atoms with Gasteiger partial charge in [0.1, 0.15) is 18.1 Å². The summed E-state index contributed by atoms with van der Waals surface area (Å²) >= 11 is 0. The Morgan fingerprint density at radius 1 is 1.11 bits per heavy atom. The summed E-state index contributed by atoms with van der Waals surface area (Å²) in [5.41, 5.74) is 5.08. The van der Waals surface area contributed by atoms with Crippen LogP contribution in [-0.4, -0.2) is 62.0 Å². The maximum atomic E-state index is 14.9. The molecule has 12 nitrogen and oxygen atoms in total. The molecule has 4 rings (SSSR count).